The highest BCUT2D eigenvalue weighted by Gasteiger charge is 2.32. The third-order valence-corrected chi connectivity index (χ3v) is 9.15. The van der Waals surface area contributed by atoms with E-state index in [2.05, 4.69) is 16.0 Å². The van der Waals surface area contributed by atoms with Crippen LogP contribution in [0.3, 0.4) is 0 Å². The first-order valence-corrected chi connectivity index (χ1v) is 16.9. The Labute approximate surface area is 285 Å². The Morgan fingerprint density at radius 1 is 0.812 bits per heavy atom. The number of ketones is 1. The summed E-state index contributed by atoms with van der Waals surface area (Å²) in [7, 11) is 0. The molecule has 1 aliphatic rings. The largest absolute Gasteiger partial charge is 0.392 e. The van der Waals surface area contributed by atoms with Gasteiger partial charge in [0.1, 0.15) is 0 Å². The van der Waals surface area contributed by atoms with Gasteiger partial charge in [-0.15, -0.1) is 11.8 Å². The SMILES string of the molecule is CC(=O)Nc1ccc(SC[C@@H]2C[C@H](c3ccc(CO)cc3)OC(c3ccc(CNC(=O)N[C@H](Cc4ccccc4)C(C)=O)cc3)O2)cc1. The van der Waals surface area contributed by atoms with E-state index in [0.717, 1.165) is 38.4 Å². The van der Waals surface area contributed by atoms with E-state index in [-0.39, 0.29) is 37.0 Å². The standard InChI is InChI=1S/C38H41N3O6S/c1-25(43)35(20-27-6-4-3-5-7-27)41-38(45)39-22-28-8-14-31(15-9-28)37-46-33(21-36(47-37)30-12-10-29(23-42)11-13-30)24-48-34-18-16-32(17-19-34)40-26(2)44/h3-19,33,35-37,42H,20-24H2,1-2H3,(H,40,44)(H2,39,41,45)/t33-,35+,36+,37?/m0/s1. The van der Waals surface area contributed by atoms with Crippen LogP contribution in [0.25, 0.3) is 0 Å². The molecule has 9 nitrogen and oxygen atoms in total. The Morgan fingerprint density at radius 2 is 1.48 bits per heavy atom. The number of hydrogen-bond donors (Lipinski definition) is 4. The number of aliphatic hydroxyl groups is 1. The molecule has 48 heavy (non-hydrogen) atoms. The average molecular weight is 668 g/mol. The Hall–Kier alpha value is -4.48. The van der Waals surface area contributed by atoms with Gasteiger partial charge in [0.05, 0.1) is 24.9 Å². The number of nitrogens with one attached hydrogen (secondary N) is 3. The highest BCUT2D eigenvalue weighted by atomic mass is 32.2. The highest BCUT2D eigenvalue weighted by Crippen LogP contribution is 2.39. The minimum atomic E-state index is -0.614. The number of ether oxygens (including phenoxy) is 2. The molecule has 1 aliphatic heterocycles. The van der Waals surface area contributed by atoms with Crippen LogP contribution in [-0.2, 0) is 38.6 Å². The summed E-state index contributed by atoms with van der Waals surface area (Å²) < 4.78 is 12.9. The minimum absolute atomic E-state index is 0.0224. The van der Waals surface area contributed by atoms with E-state index in [0.29, 0.717) is 18.6 Å². The molecule has 4 N–H and O–H groups in total. The van der Waals surface area contributed by atoms with Crippen LogP contribution in [0.4, 0.5) is 10.5 Å². The summed E-state index contributed by atoms with van der Waals surface area (Å²) in [5.41, 5.74) is 5.32. The fraction of sp³-hybridized carbons (Fsp3) is 0.289. The molecule has 0 bridgehead atoms. The Balaban J connectivity index is 1.21. The van der Waals surface area contributed by atoms with Gasteiger partial charge < -0.3 is 30.5 Å². The summed E-state index contributed by atoms with van der Waals surface area (Å²) in [5, 5.41) is 17.9. The number of carbonyl (C=O) groups excluding carboxylic acids is 3. The number of anilines is 1. The van der Waals surface area contributed by atoms with Crippen molar-refractivity contribution in [3.8, 4) is 0 Å². The number of hydrogen-bond acceptors (Lipinski definition) is 7. The van der Waals surface area contributed by atoms with E-state index in [1.165, 1.54) is 13.8 Å². The summed E-state index contributed by atoms with van der Waals surface area (Å²) >= 11 is 1.68. The summed E-state index contributed by atoms with van der Waals surface area (Å²) in [6.07, 6.45) is 0.167. The molecule has 0 radical (unpaired) electrons. The van der Waals surface area contributed by atoms with Gasteiger partial charge in [-0.05, 0) is 59.9 Å². The average Bonchev–Trinajstić information content (AvgIpc) is 3.10. The maximum atomic E-state index is 12.7. The minimum Gasteiger partial charge on any atom is -0.392 e. The second-order valence-corrected chi connectivity index (χ2v) is 12.9. The van der Waals surface area contributed by atoms with Gasteiger partial charge in [0.25, 0.3) is 0 Å². The zero-order chi connectivity index (χ0) is 33.9. The lowest BCUT2D eigenvalue weighted by molar-refractivity contribution is -0.245. The van der Waals surface area contributed by atoms with E-state index >= 15 is 0 Å². The number of amides is 3. The number of rotatable bonds is 13. The highest BCUT2D eigenvalue weighted by molar-refractivity contribution is 7.99. The van der Waals surface area contributed by atoms with Crippen LogP contribution in [0.2, 0.25) is 0 Å². The molecule has 3 amide bonds. The first-order chi connectivity index (χ1) is 23.2. The van der Waals surface area contributed by atoms with E-state index in [1.807, 2.05) is 103 Å². The molecule has 0 aliphatic carbocycles. The number of carbonyl (C=O) groups is 3. The van der Waals surface area contributed by atoms with E-state index in [4.69, 9.17) is 9.47 Å². The second kappa shape index (κ2) is 17.1. The fourth-order valence-electron chi connectivity index (χ4n) is 5.38. The molecular formula is C38H41N3O6S. The van der Waals surface area contributed by atoms with Crippen molar-refractivity contribution < 1.29 is 29.0 Å². The van der Waals surface area contributed by atoms with Crippen molar-refractivity contribution in [3.63, 3.8) is 0 Å². The second-order valence-electron chi connectivity index (χ2n) is 11.8. The van der Waals surface area contributed by atoms with Crippen LogP contribution in [0.15, 0.2) is 108 Å². The van der Waals surface area contributed by atoms with E-state index < -0.39 is 18.4 Å². The molecule has 0 spiro atoms. The molecule has 250 valence electrons. The first kappa shape index (κ1) is 34.8. The van der Waals surface area contributed by atoms with Crippen molar-refractivity contribution in [1.82, 2.24) is 10.6 Å². The van der Waals surface area contributed by atoms with Crippen molar-refractivity contribution in [2.24, 2.45) is 0 Å². The third-order valence-electron chi connectivity index (χ3n) is 8.01. The van der Waals surface area contributed by atoms with Gasteiger partial charge in [0.2, 0.25) is 5.91 Å². The van der Waals surface area contributed by atoms with Gasteiger partial charge in [0, 0.05) is 41.8 Å². The van der Waals surface area contributed by atoms with Crippen LogP contribution >= 0.6 is 11.8 Å². The summed E-state index contributed by atoms with van der Waals surface area (Å²) in [6.45, 7) is 3.23. The predicted molar refractivity (Wildman–Crippen MR) is 186 cm³/mol. The number of thioether (sulfide) groups is 1. The van der Waals surface area contributed by atoms with Gasteiger partial charge in [-0.3, -0.25) is 9.59 Å². The summed E-state index contributed by atoms with van der Waals surface area (Å²) in [6, 6.07) is 31.8. The van der Waals surface area contributed by atoms with Gasteiger partial charge >= 0.3 is 6.03 Å². The molecule has 1 unspecified atom stereocenters. The van der Waals surface area contributed by atoms with Gasteiger partial charge in [-0.25, -0.2) is 4.79 Å². The van der Waals surface area contributed by atoms with Gasteiger partial charge in [-0.2, -0.15) is 0 Å². The maximum absolute atomic E-state index is 12.7. The number of aliphatic hydroxyl groups excluding tert-OH is 1. The molecule has 4 aromatic carbocycles. The molecule has 0 saturated carbocycles. The van der Waals surface area contributed by atoms with Crippen LogP contribution in [0, 0.1) is 0 Å². The Bertz CT molecular complexity index is 1650. The van der Waals surface area contributed by atoms with Crippen molar-refractivity contribution in [1.29, 1.82) is 0 Å². The maximum Gasteiger partial charge on any atom is 0.315 e. The Kier molecular flexibility index (Phi) is 12.4. The molecule has 1 fully saturated rings. The van der Waals surface area contributed by atoms with E-state index in [9.17, 15) is 19.5 Å². The number of Topliss-reactive ketones (excluding diaryl/α,β-unsaturated/α-hetero) is 1. The molecule has 0 aromatic heterocycles. The fourth-order valence-corrected chi connectivity index (χ4v) is 6.30. The molecule has 10 heteroatoms. The van der Waals surface area contributed by atoms with Crippen molar-refractivity contribution in [2.75, 3.05) is 11.1 Å². The van der Waals surface area contributed by atoms with Crippen LogP contribution in [0.1, 0.15) is 60.5 Å². The third kappa shape index (κ3) is 10.3. The lowest BCUT2D eigenvalue weighted by Crippen LogP contribution is -2.46. The molecule has 1 heterocycles. The zero-order valence-corrected chi connectivity index (χ0v) is 27.9. The van der Waals surface area contributed by atoms with Crippen LogP contribution < -0.4 is 16.0 Å². The van der Waals surface area contributed by atoms with Crippen molar-refractivity contribution >= 4 is 35.2 Å². The molecule has 5 rings (SSSR count). The van der Waals surface area contributed by atoms with Crippen LogP contribution in [0.5, 0.6) is 0 Å². The zero-order valence-electron chi connectivity index (χ0n) is 27.1. The lowest BCUT2D eigenvalue weighted by Gasteiger charge is -2.36. The van der Waals surface area contributed by atoms with Gasteiger partial charge in [-0.1, -0.05) is 78.9 Å². The Morgan fingerprint density at radius 3 is 2.12 bits per heavy atom. The molecule has 4 atom stereocenters. The molecule has 1 saturated heterocycles. The van der Waals surface area contributed by atoms with Crippen molar-refractivity contribution in [2.45, 2.75) is 69.3 Å². The molecular weight excluding hydrogens is 627 g/mol. The van der Waals surface area contributed by atoms with Gasteiger partial charge in [0.15, 0.2) is 12.1 Å². The predicted octanol–water partition coefficient (Wildman–Crippen LogP) is 6.47. The normalized spacial score (nSPS) is 18.0. The smallest absolute Gasteiger partial charge is 0.315 e. The topological polar surface area (TPSA) is 126 Å². The molecule has 4 aromatic rings. The lowest BCUT2D eigenvalue weighted by atomic mass is 10.0. The first-order valence-electron chi connectivity index (χ1n) is 15.9. The summed E-state index contributed by atoms with van der Waals surface area (Å²) in [4.78, 5) is 37.3. The number of urea groups is 1. The monoisotopic (exact) mass is 667 g/mol. The van der Waals surface area contributed by atoms with Crippen LogP contribution in [-0.4, -0.2) is 40.7 Å². The quantitative estimate of drug-likeness (QED) is 0.120. The van der Waals surface area contributed by atoms with E-state index in [1.54, 1.807) is 11.8 Å². The van der Waals surface area contributed by atoms with Crippen molar-refractivity contribution in [3.05, 3.63) is 131 Å². The number of benzene rings is 4. The summed E-state index contributed by atoms with van der Waals surface area (Å²) in [5.74, 6) is 0.486.